The van der Waals surface area contributed by atoms with Gasteiger partial charge in [-0.3, -0.25) is 18.7 Å². The summed E-state index contributed by atoms with van der Waals surface area (Å²) < 4.78 is 2.45. The zero-order valence-electron chi connectivity index (χ0n) is 14.6. The van der Waals surface area contributed by atoms with Gasteiger partial charge < -0.3 is 10.4 Å². The molecular weight excluding hydrogens is 334 g/mol. The second kappa shape index (κ2) is 5.72. The molecule has 0 bridgehead atoms. The van der Waals surface area contributed by atoms with Crippen molar-refractivity contribution in [1.82, 2.24) is 9.13 Å². The number of benzene rings is 1. The molecule has 0 saturated heterocycles. The van der Waals surface area contributed by atoms with Gasteiger partial charge in [0.25, 0.3) is 5.56 Å². The number of nitrogens with one attached hydrogen (secondary N) is 1. The van der Waals surface area contributed by atoms with Gasteiger partial charge in [-0.05, 0) is 30.5 Å². The van der Waals surface area contributed by atoms with Gasteiger partial charge in [0, 0.05) is 37.7 Å². The van der Waals surface area contributed by atoms with Crippen LogP contribution in [0.2, 0.25) is 0 Å². The molecule has 2 aliphatic rings. The molecule has 4 rings (SSSR count). The molecule has 2 aromatic rings. The van der Waals surface area contributed by atoms with Crippen LogP contribution in [0.25, 0.3) is 0 Å². The van der Waals surface area contributed by atoms with Crippen molar-refractivity contribution < 1.29 is 9.90 Å². The van der Waals surface area contributed by atoms with E-state index >= 15 is 0 Å². The average Bonchev–Trinajstić information content (AvgIpc) is 2.63. The van der Waals surface area contributed by atoms with Crippen molar-refractivity contribution in [2.75, 3.05) is 5.32 Å². The molecule has 1 aromatic carbocycles. The van der Waals surface area contributed by atoms with Crippen molar-refractivity contribution in [3.05, 3.63) is 67.5 Å². The zero-order valence-corrected chi connectivity index (χ0v) is 14.6. The largest absolute Gasteiger partial charge is 0.508 e. The van der Waals surface area contributed by atoms with E-state index in [-0.39, 0.29) is 11.5 Å². The van der Waals surface area contributed by atoms with Crippen LogP contribution in [-0.2, 0) is 18.9 Å². The van der Waals surface area contributed by atoms with Gasteiger partial charge in [-0.25, -0.2) is 4.79 Å². The van der Waals surface area contributed by atoms with Gasteiger partial charge in [-0.15, -0.1) is 0 Å². The van der Waals surface area contributed by atoms with Crippen molar-refractivity contribution in [2.24, 2.45) is 14.1 Å². The molecule has 134 valence electrons. The first-order chi connectivity index (χ1) is 12.4. The summed E-state index contributed by atoms with van der Waals surface area (Å²) in [5.41, 5.74) is 1.46. The van der Waals surface area contributed by atoms with Gasteiger partial charge in [0.1, 0.15) is 11.6 Å². The van der Waals surface area contributed by atoms with Crippen LogP contribution >= 0.6 is 0 Å². The van der Waals surface area contributed by atoms with E-state index in [1.165, 1.54) is 11.6 Å². The van der Waals surface area contributed by atoms with Gasteiger partial charge >= 0.3 is 5.69 Å². The number of phenolic OH excluding ortho intramolecular Hbond substituents is 1. The number of aromatic nitrogens is 2. The number of anilines is 1. The van der Waals surface area contributed by atoms with E-state index < -0.39 is 17.2 Å². The predicted octanol–water partition coefficient (Wildman–Crippen LogP) is 1.35. The first-order valence-electron chi connectivity index (χ1n) is 8.52. The zero-order chi connectivity index (χ0) is 18.6. The molecule has 7 heteroatoms. The van der Waals surface area contributed by atoms with Crippen LogP contribution in [0.3, 0.4) is 0 Å². The molecule has 0 radical (unpaired) electrons. The summed E-state index contributed by atoms with van der Waals surface area (Å²) >= 11 is 0. The second-order valence-corrected chi connectivity index (χ2v) is 6.79. The van der Waals surface area contributed by atoms with Crippen LogP contribution < -0.4 is 16.6 Å². The van der Waals surface area contributed by atoms with E-state index in [1.807, 2.05) is 0 Å². The third kappa shape index (κ3) is 2.23. The van der Waals surface area contributed by atoms with Crippen LogP contribution in [-0.4, -0.2) is 20.0 Å². The lowest BCUT2D eigenvalue weighted by molar-refractivity contribution is -0.116. The smallest absolute Gasteiger partial charge is 0.332 e. The molecule has 0 unspecified atom stereocenters. The van der Waals surface area contributed by atoms with Crippen molar-refractivity contribution in [2.45, 2.75) is 25.2 Å². The summed E-state index contributed by atoms with van der Waals surface area (Å²) in [6.07, 6.45) is 1.84. The molecule has 26 heavy (non-hydrogen) atoms. The maximum Gasteiger partial charge on any atom is 0.332 e. The molecule has 1 aliphatic heterocycles. The number of hydrogen-bond donors (Lipinski definition) is 2. The van der Waals surface area contributed by atoms with Crippen LogP contribution in [0.4, 0.5) is 5.82 Å². The summed E-state index contributed by atoms with van der Waals surface area (Å²) in [5.74, 6) is -0.130. The van der Waals surface area contributed by atoms with Crippen LogP contribution in [0, 0.1) is 0 Å². The maximum absolute atomic E-state index is 12.9. The SMILES string of the molecule is Cn1c2c(c(=O)n(C)c1=O)[C@H](c1cccc(O)c1)C1=C(CCCC1=O)N2. The number of carbonyl (C=O) groups is 1. The third-order valence-corrected chi connectivity index (χ3v) is 5.21. The topological polar surface area (TPSA) is 93.3 Å². The van der Waals surface area contributed by atoms with Gasteiger partial charge in [0.15, 0.2) is 5.78 Å². The Morgan fingerprint density at radius 2 is 1.88 bits per heavy atom. The fraction of sp³-hybridized carbons (Fsp3) is 0.316. The fourth-order valence-corrected chi connectivity index (χ4v) is 3.93. The number of allylic oxidation sites excluding steroid dienone is 2. The number of rotatable bonds is 1. The molecule has 0 fully saturated rings. The minimum atomic E-state index is -0.605. The van der Waals surface area contributed by atoms with Crippen LogP contribution in [0.1, 0.15) is 36.3 Å². The molecule has 0 saturated carbocycles. The standard InChI is InChI=1S/C19H19N3O4/c1-21-17-16(18(25)22(2)19(21)26)14(10-5-3-6-11(23)9-10)15-12(20-17)7-4-8-13(15)24/h3,5-6,9,14,20,23H,4,7-8H2,1-2H3/t14-/m1/s1. The molecular formula is C19H19N3O4. The molecule has 0 amide bonds. The fourth-order valence-electron chi connectivity index (χ4n) is 3.93. The van der Waals surface area contributed by atoms with E-state index in [9.17, 15) is 19.5 Å². The Labute approximate surface area is 149 Å². The molecule has 7 nitrogen and oxygen atoms in total. The number of Topliss-reactive ketones (excluding diaryl/α,β-unsaturated/α-hetero) is 1. The van der Waals surface area contributed by atoms with Crippen LogP contribution in [0.5, 0.6) is 5.75 Å². The summed E-state index contributed by atoms with van der Waals surface area (Å²) in [5, 5.41) is 13.1. The van der Waals surface area contributed by atoms with E-state index in [2.05, 4.69) is 5.32 Å². The normalized spacial score (nSPS) is 19.0. The highest BCUT2D eigenvalue weighted by Gasteiger charge is 2.38. The van der Waals surface area contributed by atoms with Crippen molar-refractivity contribution >= 4 is 11.6 Å². The number of phenols is 1. The second-order valence-electron chi connectivity index (χ2n) is 6.79. The number of carbonyl (C=O) groups excluding carboxylic acids is 1. The Kier molecular flexibility index (Phi) is 3.61. The average molecular weight is 353 g/mol. The van der Waals surface area contributed by atoms with Crippen molar-refractivity contribution in [3.8, 4) is 5.75 Å². The molecule has 2 heterocycles. The summed E-state index contributed by atoms with van der Waals surface area (Å²) in [6.45, 7) is 0. The predicted molar refractivity (Wildman–Crippen MR) is 96.4 cm³/mol. The van der Waals surface area contributed by atoms with E-state index in [4.69, 9.17) is 0 Å². The van der Waals surface area contributed by atoms with Gasteiger partial charge in [0.2, 0.25) is 0 Å². The first-order valence-corrected chi connectivity index (χ1v) is 8.52. The first kappa shape index (κ1) is 16.4. The molecule has 2 N–H and O–H groups in total. The highest BCUT2D eigenvalue weighted by atomic mass is 16.3. The van der Waals surface area contributed by atoms with Crippen molar-refractivity contribution in [3.63, 3.8) is 0 Å². The molecule has 0 spiro atoms. The Balaban J connectivity index is 2.10. The molecule has 1 aliphatic carbocycles. The molecule has 1 atom stereocenters. The minimum Gasteiger partial charge on any atom is -0.508 e. The Bertz CT molecular complexity index is 1090. The highest BCUT2D eigenvalue weighted by Crippen LogP contribution is 2.43. The van der Waals surface area contributed by atoms with Crippen LogP contribution in [0.15, 0.2) is 45.1 Å². The highest BCUT2D eigenvalue weighted by molar-refractivity contribution is 6.00. The number of nitrogens with zero attached hydrogens (tertiary/aromatic N) is 2. The van der Waals surface area contributed by atoms with Gasteiger partial charge in [0.05, 0.1) is 5.56 Å². The lowest BCUT2D eigenvalue weighted by atomic mass is 9.76. The van der Waals surface area contributed by atoms with E-state index in [0.717, 1.165) is 16.7 Å². The number of ketones is 1. The summed E-state index contributed by atoms with van der Waals surface area (Å²) in [6, 6.07) is 6.59. The van der Waals surface area contributed by atoms with Gasteiger partial charge in [-0.1, -0.05) is 12.1 Å². The molecule has 1 aromatic heterocycles. The summed E-state index contributed by atoms with van der Waals surface area (Å²) in [4.78, 5) is 38.0. The Morgan fingerprint density at radius 3 is 2.62 bits per heavy atom. The minimum absolute atomic E-state index is 0.00588. The van der Waals surface area contributed by atoms with E-state index in [0.29, 0.717) is 35.4 Å². The monoisotopic (exact) mass is 353 g/mol. The quantitative estimate of drug-likeness (QED) is 0.807. The van der Waals surface area contributed by atoms with Crippen molar-refractivity contribution in [1.29, 1.82) is 0 Å². The Hall–Kier alpha value is -3.09. The van der Waals surface area contributed by atoms with Gasteiger partial charge in [-0.2, -0.15) is 0 Å². The third-order valence-electron chi connectivity index (χ3n) is 5.21. The maximum atomic E-state index is 12.9. The number of fused-ring (bicyclic) bond motifs is 1. The number of hydrogen-bond acceptors (Lipinski definition) is 5. The van der Waals surface area contributed by atoms with E-state index in [1.54, 1.807) is 31.3 Å². The number of aromatic hydroxyl groups is 1. The summed E-state index contributed by atoms with van der Waals surface area (Å²) in [7, 11) is 3.03. The Morgan fingerprint density at radius 1 is 1.12 bits per heavy atom. The lowest BCUT2D eigenvalue weighted by Crippen LogP contribution is -2.44. The lowest BCUT2D eigenvalue weighted by Gasteiger charge is -2.34.